The van der Waals surface area contributed by atoms with Crippen molar-refractivity contribution in [2.45, 2.75) is 18.8 Å². The second-order valence-corrected chi connectivity index (χ2v) is 4.28. The molecule has 0 amide bonds. The van der Waals surface area contributed by atoms with Gasteiger partial charge in [0.2, 0.25) is 0 Å². The van der Waals surface area contributed by atoms with Gasteiger partial charge in [-0.15, -0.1) is 0 Å². The van der Waals surface area contributed by atoms with Gasteiger partial charge in [0.05, 0.1) is 4.92 Å². The minimum atomic E-state index is -1.24. The molecule has 2 atom stereocenters. The molecule has 2 rings (SSSR count). The summed E-state index contributed by atoms with van der Waals surface area (Å²) in [6, 6.07) is 7.36. The molecule has 1 aromatic carbocycles. The first-order valence-electron chi connectivity index (χ1n) is 4.12. The van der Waals surface area contributed by atoms with Crippen LogP contribution in [0.1, 0.15) is 18.6 Å². The van der Waals surface area contributed by atoms with Crippen LogP contribution in [0.3, 0.4) is 0 Å². The second kappa shape index (κ2) is 3.03. The molecule has 0 spiro atoms. The maximum atomic E-state index is 10.6. The standard InChI is InChI=1S/C9H8BrNO3/c1-9(11(12)13)8(14-9)6-3-2-4-7(10)5-6/h2-5,8H,1H3. The van der Waals surface area contributed by atoms with E-state index < -0.39 is 16.8 Å². The number of nitro groups is 1. The van der Waals surface area contributed by atoms with Gasteiger partial charge in [-0.2, -0.15) is 0 Å². The van der Waals surface area contributed by atoms with E-state index in [0.29, 0.717) is 0 Å². The van der Waals surface area contributed by atoms with E-state index in [-0.39, 0.29) is 0 Å². The van der Waals surface area contributed by atoms with E-state index in [2.05, 4.69) is 15.9 Å². The molecule has 74 valence electrons. The molecule has 0 bridgehead atoms. The molecular formula is C9H8BrNO3. The summed E-state index contributed by atoms with van der Waals surface area (Å²) in [6.45, 7) is 1.48. The van der Waals surface area contributed by atoms with Gasteiger partial charge in [0.1, 0.15) is 0 Å². The predicted octanol–water partition coefficient (Wildman–Crippen LogP) is 2.51. The van der Waals surface area contributed by atoms with Crippen LogP contribution in [0.2, 0.25) is 0 Å². The number of rotatable bonds is 2. The van der Waals surface area contributed by atoms with Gasteiger partial charge in [0.15, 0.2) is 6.10 Å². The van der Waals surface area contributed by atoms with Gasteiger partial charge >= 0.3 is 5.72 Å². The normalized spacial score (nSPS) is 30.0. The highest BCUT2D eigenvalue weighted by Gasteiger charge is 2.65. The Morgan fingerprint density at radius 2 is 2.36 bits per heavy atom. The van der Waals surface area contributed by atoms with Crippen molar-refractivity contribution in [1.82, 2.24) is 0 Å². The fourth-order valence-electron chi connectivity index (χ4n) is 1.39. The van der Waals surface area contributed by atoms with E-state index in [0.717, 1.165) is 10.0 Å². The van der Waals surface area contributed by atoms with Gasteiger partial charge in [-0.1, -0.05) is 28.1 Å². The fourth-order valence-corrected chi connectivity index (χ4v) is 1.81. The Kier molecular flexibility index (Phi) is 2.08. The minimum absolute atomic E-state index is 0.390. The minimum Gasteiger partial charge on any atom is -0.294 e. The Hall–Kier alpha value is -0.940. The molecule has 1 aliphatic heterocycles. The Balaban J connectivity index is 2.25. The number of nitrogens with zero attached hydrogens (tertiary/aromatic N) is 1. The quantitative estimate of drug-likeness (QED) is 0.465. The van der Waals surface area contributed by atoms with E-state index >= 15 is 0 Å². The third-order valence-corrected chi connectivity index (χ3v) is 2.79. The largest absolute Gasteiger partial charge is 0.353 e. The lowest BCUT2D eigenvalue weighted by atomic mass is 10.1. The van der Waals surface area contributed by atoms with Gasteiger partial charge in [-0.3, -0.25) is 14.9 Å². The van der Waals surface area contributed by atoms with Crippen LogP contribution in [-0.4, -0.2) is 10.6 Å². The van der Waals surface area contributed by atoms with Crippen molar-refractivity contribution in [2.24, 2.45) is 0 Å². The average molecular weight is 258 g/mol. The Bertz CT molecular complexity index is 395. The van der Waals surface area contributed by atoms with Crippen LogP contribution in [-0.2, 0) is 4.74 Å². The van der Waals surface area contributed by atoms with Crippen molar-refractivity contribution in [2.75, 3.05) is 0 Å². The third-order valence-electron chi connectivity index (χ3n) is 2.30. The van der Waals surface area contributed by atoms with Gasteiger partial charge in [0.25, 0.3) is 0 Å². The first-order chi connectivity index (χ1) is 6.54. The number of epoxide rings is 1. The average Bonchev–Trinajstić information content (AvgIpc) is 2.80. The molecule has 1 fully saturated rings. The van der Waals surface area contributed by atoms with Gasteiger partial charge in [0, 0.05) is 11.4 Å². The van der Waals surface area contributed by atoms with E-state index in [1.165, 1.54) is 6.92 Å². The van der Waals surface area contributed by atoms with Crippen molar-refractivity contribution in [3.8, 4) is 0 Å². The summed E-state index contributed by atoms with van der Waals surface area (Å²) in [6.07, 6.45) is -0.421. The number of benzene rings is 1. The highest BCUT2D eigenvalue weighted by atomic mass is 79.9. The van der Waals surface area contributed by atoms with Crippen LogP contribution < -0.4 is 0 Å². The van der Waals surface area contributed by atoms with Crippen molar-refractivity contribution >= 4 is 15.9 Å². The molecule has 0 saturated carbocycles. The maximum absolute atomic E-state index is 10.6. The van der Waals surface area contributed by atoms with Crippen molar-refractivity contribution in [3.63, 3.8) is 0 Å². The van der Waals surface area contributed by atoms with Gasteiger partial charge in [-0.05, 0) is 17.7 Å². The number of ether oxygens (including phenoxy) is 1. The first-order valence-corrected chi connectivity index (χ1v) is 4.91. The Morgan fingerprint density at radius 3 is 2.86 bits per heavy atom. The summed E-state index contributed by atoms with van der Waals surface area (Å²) in [5.74, 6) is 0. The van der Waals surface area contributed by atoms with E-state index in [1.807, 2.05) is 24.3 Å². The summed E-state index contributed by atoms with van der Waals surface area (Å²) in [5, 5.41) is 10.6. The number of hydrogen-bond acceptors (Lipinski definition) is 3. The summed E-state index contributed by atoms with van der Waals surface area (Å²) < 4.78 is 5.99. The summed E-state index contributed by atoms with van der Waals surface area (Å²) in [4.78, 5) is 10.2. The molecule has 1 aliphatic rings. The van der Waals surface area contributed by atoms with Crippen molar-refractivity contribution < 1.29 is 9.66 Å². The molecule has 1 saturated heterocycles. The smallest absolute Gasteiger partial charge is 0.294 e. The predicted molar refractivity (Wildman–Crippen MR) is 53.4 cm³/mol. The van der Waals surface area contributed by atoms with Crippen molar-refractivity contribution in [3.05, 3.63) is 44.4 Å². The maximum Gasteiger partial charge on any atom is 0.353 e. The van der Waals surface area contributed by atoms with E-state index in [4.69, 9.17) is 4.74 Å². The molecule has 1 aromatic rings. The lowest BCUT2D eigenvalue weighted by molar-refractivity contribution is -0.558. The molecule has 1 heterocycles. The van der Waals surface area contributed by atoms with Crippen LogP contribution in [0.15, 0.2) is 28.7 Å². The van der Waals surface area contributed by atoms with E-state index in [9.17, 15) is 10.1 Å². The van der Waals surface area contributed by atoms with Crippen LogP contribution in [0.5, 0.6) is 0 Å². The molecule has 5 heteroatoms. The topological polar surface area (TPSA) is 55.7 Å². The lowest BCUT2D eigenvalue weighted by Crippen LogP contribution is -2.19. The number of hydrogen-bond donors (Lipinski definition) is 0. The summed E-state index contributed by atoms with van der Waals surface area (Å²) in [7, 11) is 0. The molecule has 0 aromatic heterocycles. The molecule has 2 unspecified atom stereocenters. The zero-order valence-electron chi connectivity index (χ0n) is 7.44. The fraction of sp³-hybridized carbons (Fsp3) is 0.333. The van der Waals surface area contributed by atoms with Gasteiger partial charge in [-0.25, -0.2) is 0 Å². The lowest BCUT2D eigenvalue weighted by Gasteiger charge is -1.97. The van der Waals surface area contributed by atoms with E-state index in [1.54, 1.807) is 0 Å². The zero-order chi connectivity index (χ0) is 10.3. The Labute approximate surface area is 89.2 Å². The third kappa shape index (κ3) is 1.42. The molecule has 0 N–H and O–H groups in total. The molecule has 14 heavy (non-hydrogen) atoms. The first kappa shape index (κ1) is 9.61. The summed E-state index contributed by atoms with van der Waals surface area (Å²) in [5.41, 5.74) is -0.403. The van der Waals surface area contributed by atoms with Crippen LogP contribution in [0.25, 0.3) is 0 Å². The van der Waals surface area contributed by atoms with Crippen LogP contribution in [0, 0.1) is 10.1 Å². The monoisotopic (exact) mass is 257 g/mol. The molecule has 0 aliphatic carbocycles. The molecular weight excluding hydrogens is 250 g/mol. The van der Waals surface area contributed by atoms with Crippen LogP contribution >= 0.6 is 15.9 Å². The molecule has 0 radical (unpaired) electrons. The molecule has 4 nitrogen and oxygen atoms in total. The second-order valence-electron chi connectivity index (χ2n) is 3.36. The van der Waals surface area contributed by atoms with Crippen molar-refractivity contribution in [1.29, 1.82) is 0 Å². The number of halogens is 1. The SMILES string of the molecule is CC1([N+](=O)[O-])OC1c1cccc(Br)c1. The highest BCUT2D eigenvalue weighted by Crippen LogP contribution is 2.49. The summed E-state index contributed by atoms with van der Waals surface area (Å²) >= 11 is 3.31. The zero-order valence-corrected chi connectivity index (χ0v) is 9.02. The van der Waals surface area contributed by atoms with Gasteiger partial charge < -0.3 is 0 Å². The van der Waals surface area contributed by atoms with Crippen LogP contribution in [0.4, 0.5) is 0 Å². The highest BCUT2D eigenvalue weighted by molar-refractivity contribution is 9.10. The Morgan fingerprint density at radius 1 is 1.64 bits per heavy atom.